The van der Waals surface area contributed by atoms with E-state index in [0.29, 0.717) is 24.2 Å². The second-order valence-corrected chi connectivity index (χ2v) is 8.60. The van der Waals surface area contributed by atoms with Crippen LogP contribution in [0.2, 0.25) is 0 Å². The average molecular weight is 441 g/mol. The largest absolute Gasteiger partial charge is 0.494 e. The van der Waals surface area contributed by atoms with Gasteiger partial charge in [-0.3, -0.25) is 9.69 Å². The van der Waals surface area contributed by atoms with E-state index in [0.717, 1.165) is 24.6 Å². The molecule has 32 heavy (non-hydrogen) atoms. The van der Waals surface area contributed by atoms with Gasteiger partial charge in [-0.25, -0.2) is 9.18 Å². The Morgan fingerprint density at radius 2 is 2.03 bits per heavy atom. The van der Waals surface area contributed by atoms with Crippen molar-refractivity contribution in [3.63, 3.8) is 0 Å². The molecule has 8 nitrogen and oxygen atoms in total. The van der Waals surface area contributed by atoms with Crippen molar-refractivity contribution in [1.29, 1.82) is 0 Å². The number of carbonyl (C=O) groups is 1. The third-order valence-electron chi connectivity index (χ3n) is 6.53. The first-order valence-electron chi connectivity index (χ1n) is 10.5. The van der Waals surface area contributed by atoms with Crippen molar-refractivity contribution in [2.45, 2.75) is 38.0 Å². The fraction of sp³-hybridized carbons (Fsp3) is 0.391. The first kappa shape index (κ1) is 20.7. The molecule has 1 unspecified atom stereocenters. The van der Waals surface area contributed by atoms with Crippen LogP contribution in [0, 0.1) is 5.82 Å². The smallest absolute Gasteiger partial charge is 0.341 e. The Morgan fingerprint density at radius 1 is 1.28 bits per heavy atom. The summed E-state index contributed by atoms with van der Waals surface area (Å²) in [4.78, 5) is 26.5. The molecule has 2 aromatic heterocycles. The van der Waals surface area contributed by atoms with Gasteiger partial charge < -0.3 is 24.1 Å². The molecule has 0 radical (unpaired) electrons. The number of hydrogen-bond acceptors (Lipinski definition) is 5. The number of pyridine rings is 1. The summed E-state index contributed by atoms with van der Waals surface area (Å²) >= 11 is 0. The molecule has 1 aromatic carbocycles. The zero-order valence-corrected chi connectivity index (χ0v) is 17.8. The molecule has 1 aliphatic heterocycles. The number of carboxylic acids is 1. The van der Waals surface area contributed by atoms with E-state index in [1.54, 1.807) is 4.57 Å². The molecule has 1 atom stereocenters. The highest BCUT2D eigenvalue weighted by Crippen LogP contribution is 2.44. The topological polar surface area (TPSA) is 96.9 Å². The Morgan fingerprint density at radius 3 is 2.66 bits per heavy atom. The summed E-state index contributed by atoms with van der Waals surface area (Å²) in [6.07, 6.45) is 4.88. The highest BCUT2D eigenvalue weighted by atomic mass is 19.1. The molecule has 0 saturated heterocycles. The minimum atomic E-state index is -1.34. The van der Waals surface area contributed by atoms with Gasteiger partial charge in [0.05, 0.1) is 36.2 Å². The van der Waals surface area contributed by atoms with Gasteiger partial charge in [0, 0.05) is 42.8 Å². The molecule has 0 spiro atoms. The molecular formula is C23H24FN3O5. The van der Waals surface area contributed by atoms with Crippen LogP contribution in [0.25, 0.3) is 22.0 Å². The normalized spacial score (nSPS) is 18.7. The summed E-state index contributed by atoms with van der Waals surface area (Å²) in [5.74, 6) is -1.76. The van der Waals surface area contributed by atoms with E-state index in [2.05, 4.69) is 0 Å². The van der Waals surface area contributed by atoms with Crippen LogP contribution in [0.5, 0.6) is 5.75 Å². The Bertz CT molecular complexity index is 1310. The van der Waals surface area contributed by atoms with Crippen molar-refractivity contribution in [1.82, 2.24) is 14.0 Å². The third kappa shape index (κ3) is 3.11. The maximum atomic E-state index is 15.5. The molecule has 0 amide bonds. The minimum Gasteiger partial charge on any atom is -0.494 e. The van der Waals surface area contributed by atoms with Gasteiger partial charge in [-0.1, -0.05) is 0 Å². The van der Waals surface area contributed by atoms with Gasteiger partial charge in [0.15, 0.2) is 5.75 Å². The van der Waals surface area contributed by atoms with Gasteiger partial charge in [0.1, 0.15) is 11.4 Å². The number of hydrogen-bond donors (Lipinski definition) is 2. The lowest BCUT2D eigenvalue weighted by Crippen LogP contribution is -2.42. The number of nitrogens with zero attached hydrogens (tertiary/aromatic N) is 3. The van der Waals surface area contributed by atoms with E-state index in [9.17, 15) is 19.8 Å². The van der Waals surface area contributed by atoms with Crippen molar-refractivity contribution >= 4 is 16.9 Å². The van der Waals surface area contributed by atoms with Crippen molar-refractivity contribution in [3.8, 4) is 16.9 Å². The van der Waals surface area contributed by atoms with Crippen molar-refractivity contribution < 1.29 is 24.1 Å². The van der Waals surface area contributed by atoms with E-state index in [1.165, 1.54) is 13.3 Å². The second kappa shape index (κ2) is 7.46. The van der Waals surface area contributed by atoms with Crippen LogP contribution in [-0.2, 0) is 13.1 Å². The van der Waals surface area contributed by atoms with Gasteiger partial charge in [0.2, 0.25) is 5.43 Å². The number of aliphatic hydroxyl groups excluding tert-OH is 1. The summed E-state index contributed by atoms with van der Waals surface area (Å²) in [6, 6.07) is 3.03. The standard InChI is InChI=1S/C23H24FN3O5/c1-25-8-14-5-12(7-26(14)9-15(25)11-28)19-18(24)6-16-20(22(19)32-2)27(13-3-4-13)10-17(21(16)29)23(30)31/h5-7,10,13,15,28H,3-4,8-9,11H2,1-2H3,(H,30,31). The van der Waals surface area contributed by atoms with Crippen LogP contribution in [0.4, 0.5) is 4.39 Å². The number of aromatic nitrogens is 2. The van der Waals surface area contributed by atoms with Crippen LogP contribution in [0.1, 0.15) is 34.9 Å². The fourth-order valence-electron chi connectivity index (χ4n) is 4.66. The highest BCUT2D eigenvalue weighted by molar-refractivity contribution is 5.98. The number of likely N-dealkylation sites (N-methyl/N-ethyl adjacent to an activating group) is 1. The zero-order valence-electron chi connectivity index (χ0n) is 17.8. The van der Waals surface area contributed by atoms with Crippen LogP contribution in [0.15, 0.2) is 29.3 Å². The van der Waals surface area contributed by atoms with Gasteiger partial charge >= 0.3 is 5.97 Å². The number of rotatable bonds is 5. The molecule has 1 fully saturated rings. The quantitative estimate of drug-likeness (QED) is 0.632. The predicted molar refractivity (Wildman–Crippen MR) is 116 cm³/mol. The SMILES string of the molecule is COc1c(-c2cc3n(c2)CC(CO)N(C)C3)c(F)cc2c(=O)c(C(=O)O)cn(C3CC3)c12. The number of aliphatic hydroxyl groups is 1. The fourth-order valence-corrected chi connectivity index (χ4v) is 4.66. The molecule has 2 aliphatic rings. The number of benzene rings is 1. The molecule has 3 aromatic rings. The number of methoxy groups -OCH3 is 1. The number of aromatic carboxylic acids is 1. The molecule has 9 heteroatoms. The molecule has 168 valence electrons. The maximum Gasteiger partial charge on any atom is 0.341 e. The van der Waals surface area contributed by atoms with E-state index in [1.807, 2.05) is 28.8 Å². The maximum absolute atomic E-state index is 15.5. The van der Waals surface area contributed by atoms with Crippen molar-refractivity contribution in [2.75, 3.05) is 20.8 Å². The van der Waals surface area contributed by atoms with Crippen LogP contribution < -0.4 is 10.2 Å². The summed E-state index contributed by atoms with van der Waals surface area (Å²) < 4.78 is 24.9. The second-order valence-electron chi connectivity index (χ2n) is 8.60. The summed E-state index contributed by atoms with van der Waals surface area (Å²) in [5.41, 5.74) is 1.14. The van der Waals surface area contributed by atoms with Crippen LogP contribution in [0.3, 0.4) is 0 Å². The van der Waals surface area contributed by atoms with Gasteiger partial charge in [-0.15, -0.1) is 0 Å². The molecule has 1 aliphatic carbocycles. The van der Waals surface area contributed by atoms with E-state index in [-0.39, 0.29) is 41.0 Å². The van der Waals surface area contributed by atoms with Crippen LogP contribution in [-0.4, -0.2) is 57.0 Å². The number of carboxylic acid groups (broad SMARTS) is 1. The predicted octanol–water partition coefficient (Wildman–Crippen LogP) is 2.46. The Hall–Kier alpha value is -3.17. The lowest BCUT2D eigenvalue weighted by atomic mass is 10.0. The highest BCUT2D eigenvalue weighted by Gasteiger charge is 2.31. The lowest BCUT2D eigenvalue weighted by Gasteiger charge is -2.32. The molecular weight excluding hydrogens is 417 g/mol. The van der Waals surface area contributed by atoms with E-state index in [4.69, 9.17) is 4.74 Å². The number of halogens is 1. The molecule has 2 N–H and O–H groups in total. The van der Waals surface area contributed by atoms with Gasteiger partial charge in [-0.05, 0) is 32.0 Å². The van der Waals surface area contributed by atoms with E-state index < -0.39 is 17.2 Å². The zero-order chi connectivity index (χ0) is 22.7. The van der Waals surface area contributed by atoms with Crippen molar-refractivity contribution in [2.24, 2.45) is 0 Å². The first-order valence-corrected chi connectivity index (χ1v) is 10.5. The minimum absolute atomic E-state index is 0.000972. The molecule has 3 heterocycles. The monoisotopic (exact) mass is 441 g/mol. The first-order chi connectivity index (χ1) is 15.3. The Kier molecular flexibility index (Phi) is 4.83. The van der Waals surface area contributed by atoms with Gasteiger partial charge in [0.25, 0.3) is 0 Å². The average Bonchev–Trinajstić information content (AvgIpc) is 3.52. The summed E-state index contributed by atoms with van der Waals surface area (Å²) in [6.45, 7) is 1.21. The summed E-state index contributed by atoms with van der Waals surface area (Å²) in [7, 11) is 3.36. The lowest BCUT2D eigenvalue weighted by molar-refractivity contribution is 0.0694. The van der Waals surface area contributed by atoms with Crippen LogP contribution >= 0.6 is 0 Å². The molecule has 5 rings (SSSR count). The summed E-state index contributed by atoms with van der Waals surface area (Å²) in [5, 5.41) is 19.1. The van der Waals surface area contributed by atoms with Gasteiger partial charge in [-0.2, -0.15) is 0 Å². The number of ether oxygens (including phenoxy) is 1. The van der Waals surface area contributed by atoms with E-state index >= 15 is 4.39 Å². The molecule has 1 saturated carbocycles. The van der Waals surface area contributed by atoms with Crippen molar-refractivity contribution in [3.05, 3.63) is 51.8 Å². The Balaban J connectivity index is 1.77. The molecule has 0 bridgehead atoms. The third-order valence-corrected chi connectivity index (χ3v) is 6.53. The number of fused-ring (bicyclic) bond motifs is 2. The Labute approximate surface area is 183 Å².